The van der Waals surface area contributed by atoms with Crippen molar-refractivity contribution in [2.24, 2.45) is 5.10 Å². The number of methoxy groups -OCH3 is 1. The summed E-state index contributed by atoms with van der Waals surface area (Å²) in [5.74, 6) is 0.234. The zero-order chi connectivity index (χ0) is 24.5. The number of fused-ring (bicyclic) bond motifs is 1. The van der Waals surface area contributed by atoms with Crippen LogP contribution in [0.4, 0.5) is 0 Å². The molecule has 0 atom stereocenters. The maximum absolute atomic E-state index is 12.5. The number of hydrogen-bond donors (Lipinski definition) is 2. The minimum absolute atomic E-state index is 0.0212. The fraction of sp³-hybridized carbons (Fsp3) is 0.346. The van der Waals surface area contributed by atoms with Crippen molar-refractivity contribution in [2.75, 3.05) is 13.7 Å². The third-order valence-electron chi connectivity index (χ3n) is 5.07. The average molecular weight is 482 g/mol. The van der Waals surface area contributed by atoms with Crippen LogP contribution in [0.2, 0.25) is 0 Å². The Hall–Kier alpha value is -3.39. The van der Waals surface area contributed by atoms with Crippen molar-refractivity contribution in [1.29, 1.82) is 0 Å². The molecule has 0 aliphatic rings. The second-order valence-corrected chi connectivity index (χ2v) is 8.97. The Morgan fingerprint density at radius 2 is 1.91 bits per heavy atom. The number of unbranched alkanes of at least 4 members (excludes halogenated alkanes) is 1. The van der Waals surface area contributed by atoms with Crippen LogP contribution in [0.25, 0.3) is 10.1 Å². The van der Waals surface area contributed by atoms with Gasteiger partial charge in [-0.15, -0.1) is 11.3 Å². The van der Waals surface area contributed by atoms with Gasteiger partial charge >= 0.3 is 0 Å². The highest BCUT2D eigenvalue weighted by atomic mass is 32.1. The Balaban J connectivity index is 1.64. The maximum Gasteiger partial charge on any atom is 0.259 e. The van der Waals surface area contributed by atoms with Gasteiger partial charge in [-0.2, -0.15) is 5.10 Å². The topological polar surface area (TPSA) is 89.0 Å². The van der Waals surface area contributed by atoms with E-state index in [-0.39, 0.29) is 18.6 Å². The number of benzene rings is 2. The van der Waals surface area contributed by atoms with Crippen molar-refractivity contribution >= 4 is 38.9 Å². The Morgan fingerprint density at radius 1 is 1.12 bits per heavy atom. The quantitative estimate of drug-likeness (QED) is 0.293. The number of carbonyl (C=O) groups excluding carboxylic acids is 2. The Bertz CT molecular complexity index is 1170. The molecule has 0 saturated heterocycles. The van der Waals surface area contributed by atoms with Crippen LogP contribution in [0.15, 0.2) is 52.9 Å². The van der Waals surface area contributed by atoms with Gasteiger partial charge in [0.15, 0.2) is 11.5 Å². The van der Waals surface area contributed by atoms with Crippen LogP contribution in [-0.4, -0.2) is 37.3 Å². The molecule has 2 N–H and O–H groups in total. The molecule has 1 heterocycles. The molecule has 0 fully saturated rings. The van der Waals surface area contributed by atoms with Gasteiger partial charge in [-0.05, 0) is 51.0 Å². The van der Waals surface area contributed by atoms with Gasteiger partial charge < -0.3 is 14.8 Å². The van der Waals surface area contributed by atoms with Gasteiger partial charge in [0, 0.05) is 26.6 Å². The van der Waals surface area contributed by atoms with E-state index in [9.17, 15) is 9.59 Å². The van der Waals surface area contributed by atoms with E-state index >= 15 is 0 Å². The molecule has 2 amide bonds. The summed E-state index contributed by atoms with van der Waals surface area (Å²) in [4.78, 5) is 25.0. The van der Waals surface area contributed by atoms with E-state index in [2.05, 4.69) is 40.3 Å². The monoisotopic (exact) mass is 481 g/mol. The molecule has 7 nitrogen and oxygen atoms in total. The van der Waals surface area contributed by atoms with Gasteiger partial charge in [0.2, 0.25) is 0 Å². The summed E-state index contributed by atoms with van der Waals surface area (Å²) < 4.78 is 12.2. The molecule has 0 bridgehead atoms. The van der Waals surface area contributed by atoms with Crippen LogP contribution >= 0.6 is 11.3 Å². The fourth-order valence-electron chi connectivity index (χ4n) is 3.39. The van der Waals surface area contributed by atoms with Crippen molar-refractivity contribution in [1.82, 2.24) is 10.7 Å². The first-order chi connectivity index (χ1) is 16.4. The summed E-state index contributed by atoms with van der Waals surface area (Å²) in [7, 11) is 1.52. The predicted molar refractivity (Wildman–Crippen MR) is 137 cm³/mol. The molecule has 0 aliphatic heterocycles. The first kappa shape index (κ1) is 25.2. The second-order valence-electron chi connectivity index (χ2n) is 8.06. The number of ether oxygens (including phenoxy) is 2. The molecular weight excluding hydrogens is 450 g/mol. The Kier molecular flexibility index (Phi) is 9.04. The van der Waals surface area contributed by atoms with Crippen molar-refractivity contribution in [3.63, 3.8) is 0 Å². The summed E-state index contributed by atoms with van der Waals surface area (Å²) in [5.41, 5.74) is 4.85. The lowest BCUT2D eigenvalue weighted by Crippen LogP contribution is -2.35. The molecular formula is C26H31N3O4S. The van der Waals surface area contributed by atoms with Crippen molar-refractivity contribution in [3.05, 3.63) is 59.0 Å². The molecule has 2 aromatic carbocycles. The van der Waals surface area contributed by atoms with E-state index in [1.165, 1.54) is 11.8 Å². The van der Waals surface area contributed by atoms with Gasteiger partial charge in [0.25, 0.3) is 11.8 Å². The highest BCUT2D eigenvalue weighted by molar-refractivity contribution is 7.17. The lowest BCUT2D eigenvalue weighted by Gasteiger charge is -2.14. The number of amides is 2. The summed E-state index contributed by atoms with van der Waals surface area (Å²) in [6.07, 6.45) is 2.73. The number of hydrogen-bond acceptors (Lipinski definition) is 6. The number of nitrogens with zero attached hydrogens (tertiary/aromatic N) is 1. The van der Waals surface area contributed by atoms with Crippen LogP contribution in [0.1, 0.15) is 56.0 Å². The maximum atomic E-state index is 12.5. The zero-order valence-corrected chi connectivity index (χ0v) is 20.8. The number of nitrogens with one attached hydrogen (secondary N) is 2. The number of hydrazone groups is 1. The van der Waals surface area contributed by atoms with Crippen LogP contribution in [0.3, 0.4) is 0 Å². The van der Waals surface area contributed by atoms with E-state index in [1.807, 2.05) is 26.0 Å². The molecule has 0 radical (unpaired) electrons. The van der Waals surface area contributed by atoms with Crippen LogP contribution in [0.5, 0.6) is 11.5 Å². The molecule has 0 unspecified atom stereocenters. The lowest BCUT2D eigenvalue weighted by atomic mass is 10.0. The predicted octanol–water partition coefficient (Wildman–Crippen LogP) is 5.14. The standard InChI is InChI=1S/C26H31N3O4S/c1-5-6-10-21(20-16-34-24-11-8-7-9-19(20)24)28-29-25(30)15-27-26(31)18-12-13-22(33-17(2)3)23(14-18)32-4/h7-9,11-14,16-17H,5-6,10,15H2,1-4H3,(H,27,31)(H,29,30). The fourth-order valence-corrected chi connectivity index (χ4v) is 4.36. The number of rotatable bonds is 11. The van der Waals surface area contributed by atoms with Gasteiger partial charge in [-0.3, -0.25) is 9.59 Å². The smallest absolute Gasteiger partial charge is 0.259 e. The molecule has 0 spiro atoms. The minimum atomic E-state index is -0.395. The molecule has 0 saturated carbocycles. The van der Waals surface area contributed by atoms with Crippen molar-refractivity contribution < 1.29 is 19.1 Å². The zero-order valence-electron chi connectivity index (χ0n) is 20.0. The summed E-state index contributed by atoms with van der Waals surface area (Å²) in [6.45, 7) is 5.75. The largest absolute Gasteiger partial charge is 0.493 e. The normalized spacial score (nSPS) is 11.5. The average Bonchev–Trinajstić information content (AvgIpc) is 3.26. The first-order valence-corrected chi connectivity index (χ1v) is 12.3. The first-order valence-electron chi connectivity index (χ1n) is 11.4. The highest BCUT2D eigenvalue weighted by Crippen LogP contribution is 2.29. The summed E-state index contributed by atoms with van der Waals surface area (Å²) in [6, 6.07) is 13.1. The number of thiophene rings is 1. The molecule has 1 aromatic heterocycles. The lowest BCUT2D eigenvalue weighted by molar-refractivity contribution is -0.120. The van der Waals surface area contributed by atoms with E-state index in [0.29, 0.717) is 17.1 Å². The molecule has 0 aliphatic carbocycles. The van der Waals surface area contributed by atoms with Crippen molar-refractivity contribution in [2.45, 2.75) is 46.1 Å². The van der Waals surface area contributed by atoms with Gasteiger partial charge in [-0.25, -0.2) is 5.43 Å². The van der Waals surface area contributed by atoms with Gasteiger partial charge in [0.1, 0.15) is 0 Å². The van der Waals surface area contributed by atoms with Crippen LogP contribution < -0.4 is 20.2 Å². The van der Waals surface area contributed by atoms with E-state index in [1.54, 1.807) is 29.5 Å². The highest BCUT2D eigenvalue weighted by Gasteiger charge is 2.14. The molecule has 8 heteroatoms. The van der Waals surface area contributed by atoms with Crippen molar-refractivity contribution in [3.8, 4) is 11.5 Å². The molecule has 3 aromatic rings. The van der Waals surface area contributed by atoms with E-state index in [4.69, 9.17) is 9.47 Å². The molecule has 180 valence electrons. The summed E-state index contributed by atoms with van der Waals surface area (Å²) >= 11 is 1.66. The van der Waals surface area contributed by atoms with E-state index < -0.39 is 5.91 Å². The second kappa shape index (κ2) is 12.2. The summed E-state index contributed by atoms with van der Waals surface area (Å²) in [5, 5.41) is 10.2. The molecule has 34 heavy (non-hydrogen) atoms. The van der Waals surface area contributed by atoms with Crippen LogP contribution in [-0.2, 0) is 4.79 Å². The SMILES string of the molecule is CCCCC(=NNC(=O)CNC(=O)c1ccc(OC(C)C)c(OC)c1)c1csc2ccccc12. The third kappa shape index (κ3) is 6.57. The van der Waals surface area contributed by atoms with E-state index in [0.717, 1.165) is 35.9 Å². The number of carbonyl (C=O) groups is 2. The van der Waals surface area contributed by atoms with Gasteiger partial charge in [0.05, 0.1) is 25.5 Å². The molecule has 3 rings (SSSR count). The Labute approximate surface area is 204 Å². The third-order valence-corrected chi connectivity index (χ3v) is 6.04. The Morgan fingerprint density at radius 3 is 2.65 bits per heavy atom. The minimum Gasteiger partial charge on any atom is -0.493 e. The van der Waals surface area contributed by atoms with Crippen LogP contribution in [0, 0.1) is 0 Å². The van der Waals surface area contributed by atoms with Gasteiger partial charge in [-0.1, -0.05) is 31.5 Å².